The van der Waals surface area contributed by atoms with Crippen molar-refractivity contribution in [2.75, 3.05) is 0 Å². The number of ether oxygens (including phenoxy) is 1. The van der Waals surface area contributed by atoms with Gasteiger partial charge in [0, 0.05) is 18.0 Å². The molecule has 1 aliphatic carbocycles. The maximum Gasteiger partial charge on any atom is 0.124 e. The molecule has 98 valence electrons. The fourth-order valence-corrected chi connectivity index (χ4v) is 3.52. The summed E-state index contributed by atoms with van der Waals surface area (Å²) in [6.45, 7) is 2.11. The van der Waals surface area contributed by atoms with Crippen LogP contribution in [0, 0.1) is 6.92 Å². The Labute approximate surface area is 110 Å². The van der Waals surface area contributed by atoms with Gasteiger partial charge in [0.1, 0.15) is 11.4 Å². The minimum atomic E-state index is 0.0260. The summed E-state index contributed by atoms with van der Waals surface area (Å²) in [6, 6.07) is 6.56. The van der Waals surface area contributed by atoms with Crippen LogP contribution >= 0.6 is 0 Å². The first-order valence-corrected chi connectivity index (χ1v) is 7.24. The van der Waals surface area contributed by atoms with Gasteiger partial charge in [-0.25, -0.2) is 0 Å². The standard InChI is InChI=1S/C16H23NO/c1-12-6-7-15-13(10-12)14(17)11-16(18-15)8-4-2-3-5-9-16/h6-7,10,14H,2-5,8-9,11,17H2,1H3/t14-/m1/s1. The third kappa shape index (κ3) is 2.14. The van der Waals surface area contributed by atoms with E-state index in [2.05, 4.69) is 25.1 Å². The number of nitrogens with two attached hydrogens (primary N) is 1. The molecule has 0 aromatic heterocycles. The van der Waals surface area contributed by atoms with Crippen LogP contribution < -0.4 is 10.5 Å². The van der Waals surface area contributed by atoms with Gasteiger partial charge < -0.3 is 10.5 Å². The Morgan fingerprint density at radius 2 is 1.89 bits per heavy atom. The number of hydrogen-bond acceptors (Lipinski definition) is 2. The number of aryl methyl sites for hydroxylation is 1. The van der Waals surface area contributed by atoms with E-state index >= 15 is 0 Å². The molecule has 1 aliphatic heterocycles. The van der Waals surface area contributed by atoms with Crippen LogP contribution in [0.3, 0.4) is 0 Å². The number of fused-ring (bicyclic) bond motifs is 1. The summed E-state index contributed by atoms with van der Waals surface area (Å²) in [7, 11) is 0. The highest BCUT2D eigenvalue weighted by atomic mass is 16.5. The van der Waals surface area contributed by atoms with E-state index < -0.39 is 0 Å². The van der Waals surface area contributed by atoms with Crippen LogP contribution in [0.15, 0.2) is 18.2 Å². The Morgan fingerprint density at radius 1 is 1.17 bits per heavy atom. The number of hydrogen-bond donors (Lipinski definition) is 1. The molecule has 1 fully saturated rings. The van der Waals surface area contributed by atoms with Gasteiger partial charge in [-0.05, 0) is 38.7 Å². The quantitative estimate of drug-likeness (QED) is 0.753. The third-order valence-electron chi connectivity index (χ3n) is 4.50. The second-order valence-electron chi connectivity index (χ2n) is 6.05. The van der Waals surface area contributed by atoms with Crippen molar-refractivity contribution in [3.63, 3.8) is 0 Å². The second-order valence-corrected chi connectivity index (χ2v) is 6.05. The predicted molar refractivity (Wildman–Crippen MR) is 73.8 cm³/mol. The van der Waals surface area contributed by atoms with E-state index in [1.54, 1.807) is 0 Å². The topological polar surface area (TPSA) is 35.2 Å². The highest BCUT2D eigenvalue weighted by Gasteiger charge is 2.39. The average molecular weight is 245 g/mol. The fourth-order valence-electron chi connectivity index (χ4n) is 3.52. The zero-order chi connectivity index (χ0) is 12.6. The summed E-state index contributed by atoms with van der Waals surface area (Å²) in [5.41, 5.74) is 8.88. The normalized spacial score (nSPS) is 26.2. The maximum absolute atomic E-state index is 6.39. The second kappa shape index (κ2) is 4.58. The first-order valence-electron chi connectivity index (χ1n) is 7.24. The molecule has 0 bridgehead atoms. The SMILES string of the molecule is Cc1ccc2c(c1)[C@H](N)CC1(CCCCCC1)O2. The zero-order valence-corrected chi connectivity index (χ0v) is 11.2. The molecular formula is C16H23NO. The van der Waals surface area contributed by atoms with E-state index in [1.807, 2.05) is 0 Å². The highest BCUT2D eigenvalue weighted by Crippen LogP contribution is 2.44. The van der Waals surface area contributed by atoms with E-state index in [0.717, 1.165) is 12.2 Å². The summed E-state index contributed by atoms with van der Waals surface area (Å²) in [5, 5.41) is 0. The van der Waals surface area contributed by atoms with Crippen LogP contribution in [0.25, 0.3) is 0 Å². The smallest absolute Gasteiger partial charge is 0.124 e. The monoisotopic (exact) mass is 245 g/mol. The molecule has 2 nitrogen and oxygen atoms in total. The lowest BCUT2D eigenvalue weighted by molar-refractivity contribution is 0.0213. The Balaban J connectivity index is 1.92. The molecule has 1 heterocycles. The van der Waals surface area contributed by atoms with E-state index in [-0.39, 0.29) is 11.6 Å². The molecule has 0 unspecified atom stereocenters. The first kappa shape index (κ1) is 12.0. The summed E-state index contributed by atoms with van der Waals surface area (Å²) >= 11 is 0. The number of rotatable bonds is 0. The van der Waals surface area contributed by atoms with E-state index in [1.165, 1.54) is 49.7 Å². The molecule has 1 aromatic rings. The zero-order valence-electron chi connectivity index (χ0n) is 11.2. The van der Waals surface area contributed by atoms with Gasteiger partial charge in [0.25, 0.3) is 0 Å². The predicted octanol–water partition coefficient (Wildman–Crippen LogP) is 3.87. The molecule has 1 spiro atoms. The van der Waals surface area contributed by atoms with Crippen LogP contribution in [0.1, 0.15) is 62.1 Å². The van der Waals surface area contributed by atoms with Crippen LogP contribution in [-0.4, -0.2) is 5.60 Å². The Bertz CT molecular complexity index is 433. The molecule has 2 N–H and O–H groups in total. The van der Waals surface area contributed by atoms with Crippen LogP contribution in [0.2, 0.25) is 0 Å². The van der Waals surface area contributed by atoms with Crippen molar-refractivity contribution in [1.82, 2.24) is 0 Å². The third-order valence-corrected chi connectivity index (χ3v) is 4.50. The lowest BCUT2D eigenvalue weighted by Crippen LogP contribution is -2.42. The lowest BCUT2D eigenvalue weighted by Gasteiger charge is -2.41. The van der Waals surface area contributed by atoms with Crippen molar-refractivity contribution < 1.29 is 4.74 Å². The highest BCUT2D eigenvalue weighted by molar-refractivity contribution is 5.41. The van der Waals surface area contributed by atoms with E-state index in [0.29, 0.717) is 0 Å². The van der Waals surface area contributed by atoms with Crippen molar-refractivity contribution in [3.8, 4) is 5.75 Å². The molecule has 0 amide bonds. The Kier molecular flexibility index (Phi) is 3.06. The first-order chi connectivity index (χ1) is 8.69. The van der Waals surface area contributed by atoms with Gasteiger partial charge in [-0.2, -0.15) is 0 Å². The largest absolute Gasteiger partial charge is 0.487 e. The molecule has 18 heavy (non-hydrogen) atoms. The van der Waals surface area contributed by atoms with Crippen LogP contribution in [0.4, 0.5) is 0 Å². The van der Waals surface area contributed by atoms with Crippen molar-refractivity contribution >= 4 is 0 Å². The van der Waals surface area contributed by atoms with Crippen molar-refractivity contribution in [3.05, 3.63) is 29.3 Å². The van der Waals surface area contributed by atoms with Crippen LogP contribution in [-0.2, 0) is 0 Å². The van der Waals surface area contributed by atoms with E-state index in [9.17, 15) is 0 Å². The summed E-state index contributed by atoms with van der Waals surface area (Å²) in [6.07, 6.45) is 8.61. The summed E-state index contributed by atoms with van der Waals surface area (Å²) in [4.78, 5) is 0. The van der Waals surface area contributed by atoms with Gasteiger partial charge in [-0.1, -0.05) is 30.5 Å². The number of benzene rings is 1. The minimum Gasteiger partial charge on any atom is -0.487 e. The molecule has 0 saturated heterocycles. The fraction of sp³-hybridized carbons (Fsp3) is 0.625. The molecular weight excluding hydrogens is 222 g/mol. The molecule has 1 aromatic carbocycles. The van der Waals surface area contributed by atoms with Gasteiger partial charge in [-0.15, -0.1) is 0 Å². The molecule has 2 heteroatoms. The Morgan fingerprint density at radius 3 is 2.61 bits per heavy atom. The van der Waals surface area contributed by atoms with Crippen molar-refractivity contribution in [2.45, 2.75) is 63.5 Å². The van der Waals surface area contributed by atoms with Gasteiger partial charge in [-0.3, -0.25) is 0 Å². The van der Waals surface area contributed by atoms with Crippen molar-refractivity contribution in [2.24, 2.45) is 5.73 Å². The summed E-state index contributed by atoms with van der Waals surface area (Å²) < 4.78 is 6.39. The van der Waals surface area contributed by atoms with Crippen molar-refractivity contribution in [1.29, 1.82) is 0 Å². The van der Waals surface area contributed by atoms with Crippen LogP contribution in [0.5, 0.6) is 5.75 Å². The average Bonchev–Trinajstić information content (AvgIpc) is 2.56. The molecule has 1 saturated carbocycles. The van der Waals surface area contributed by atoms with Gasteiger partial charge >= 0.3 is 0 Å². The summed E-state index contributed by atoms with van der Waals surface area (Å²) in [5.74, 6) is 1.03. The molecule has 1 atom stereocenters. The lowest BCUT2D eigenvalue weighted by atomic mass is 9.82. The Hall–Kier alpha value is -1.02. The molecule has 3 rings (SSSR count). The van der Waals surface area contributed by atoms with E-state index in [4.69, 9.17) is 10.5 Å². The maximum atomic E-state index is 6.39. The van der Waals surface area contributed by atoms with Gasteiger partial charge in [0.05, 0.1) is 0 Å². The van der Waals surface area contributed by atoms with Gasteiger partial charge in [0.15, 0.2) is 0 Å². The minimum absolute atomic E-state index is 0.0260. The van der Waals surface area contributed by atoms with Gasteiger partial charge in [0.2, 0.25) is 0 Å². The molecule has 0 radical (unpaired) electrons. The molecule has 2 aliphatic rings.